The zero-order chi connectivity index (χ0) is 23.5. The molecular formula is C21H15BrCl3FN2O3S. The van der Waals surface area contributed by atoms with Crippen LogP contribution in [-0.4, -0.2) is 25.2 Å². The Morgan fingerprint density at radius 1 is 0.969 bits per heavy atom. The molecule has 0 radical (unpaired) electrons. The van der Waals surface area contributed by atoms with Gasteiger partial charge < -0.3 is 5.32 Å². The molecular weight excluding hydrogens is 566 g/mol. The number of carbonyl (C=O) groups is 1. The van der Waals surface area contributed by atoms with Gasteiger partial charge in [0.05, 0.1) is 16.5 Å². The number of hydrogen-bond acceptors (Lipinski definition) is 3. The fourth-order valence-corrected chi connectivity index (χ4v) is 5.04. The van der Waals surface area contributed by atoms with Gasteiger partial charge in [-0.15, -0.1) is 0 Å². The topological polar surface area (TPSA) is 66.5 Å². The van der Waals surface area contributed by atoms with E-state index in [-0.39, 0.29) is 27.2 Å². The maximum Gasteiger partial charge on any atom is 0.243 e. The highest BCUT2D eigenvalue weighted by molar-refractivity contribution is 9.10. The van der Waals surface area contributed by atoms with Crippen molar-refractivity contribution in [2.75, 3.05) is 11.9 Å². The maximum atomic E-state index is 13.4. The number of anilines is 1. The summed E-state index contributed by atoms with van der Waals surface area (Å²) in [6, 6.07) is 14.3. The first-order valence-electron chi connectivity index (χ1n) is 9.01. The van der Waals surface area contributed by atoms with Crippen molar-refractivity contribution in [3.8, 4) is 0 Å². The lowest BCUT2D eigenvalue weighted by atomic mass is 10.2. The summed E-state index contributed by atoms with van der Waals surface area (Å²) >= 11 is 21.2. The van der Waals surface area contributed by atoms with Gasteiger partial charge in [-0.05, 0) is 60.2 Å². The van der Waals surface area contributed by atoms with Gasteiger partial charge in [0, 0.05) is 26.8 Å². The molecule has 0 saturated heterocycles. The molecule has 0 aliphatic carbocycles. The highest BCUT2D eigenvalue weighted by atomic mass is 79.9. The van der Waals surface area contributed by atoms with Gasteiger partial charge in [-0.25, -0.2) is 12.8 Å². The fourth-order valence-electron chi connectivity index (χ4n) is 2.76. The normalized spacial score (nSPS) is 11.6. The number of benzene rings is 3. The predicted octanol–water partition coefficient (Wildman–Crippen LogP) is 6.38. The first-order chi connectivity index (χ1) is 15.1. The molecule has 0 unspecified atom stereocenters. The molecule has 168 valence electrons. The predicted molar refractivity (Wildman–Crippen MR) is 128 cm³/mol. The Bertz CT molecular complexity index is 1260. The van der Waals surface area contributed by atoms with Gasteiger partial charge in [0.15, 0.2) is 0 Å². The minimum absolute atomic E-state index is 0.00316. The zero-order valence-electron chi connectivity index (χ0n) is 16.2. The number of hydrogen-bond donors (Lipinski definition) is 1. The minimum atomic E-state index is -4.07. The van der Waals surface area contributed by atoms with E-state index in [1.165, 1.54) is 30.3 Å². The van der Waals surface area contributed by atoms with E-state index in [0.717, 1.165) is 10.4 Å². The van der Waals surface area contributed by atoms with E-state index in [1.807, 2.05) is 0 Å². The first-order valence-corrected chi connectivity index (χ1v) is 12.4. The summed E-state index contributed by atoms with van der Waals surface area (Å²) in [6.07, 6.45) is 0. The maximum absolute atomic E-state index is 13.4. The fraction of sp³-hybridized carbons (Fsp3) is 0.0952. The number of nitrogens with zero attached hydrogens (tertiary/aromatic N) is 1. The number of carbonyl (C=O) groups excluding carboxylic acids is 1. The Labute approximate surface area is 208 Å². The smallest absolute Gasteiger partial charge is 0.243 e. The van der Waals surface area contributed by atoms with Gasteiger partial charge in [-0.3, -0.25) is 4.79 Å². The van der Waals surface area contributed by atoms with Gasteiger partial charge in [0.2, 0.25) is 15.9 Å². The van der Waals surface area contributed by atoms with Crippen LogP contribution < -0.4 is 5.32 Å². The molecule has 3 rings (SSSR count). The summed E-state index contributed by atoms with van der Waals surface area (Å²) in [5.41, 5.74) is 0.696. The summed E-state index contributed by atoms with van der Waals surface area (Å²) in [7, 11) is -4.07. The third-order valence-corrected chi connectivity index (χ3v) is 7.55. The van der Waals surface area contributed by atoms with Crippen molar-refractivity contribution in [2.45, 2.75) is 11.4 Å². The number of halogens is 5. The van der Waals surface area contributed by atoms with Gasteiger partial charge in [-0.2, -0.15) is 4.31 Å². The van der Waals surface area contributed by atoms with Crippen LogP contribution in [0.3, 0.4) is 0 Å². The molecule has 1 amide bonds. The van der Waals surface area contributed by atoms with Gasteiger partial charge in [0.25, 0.3) is 0 Å². The summed E-state index contributed by atoms with van der Waals surface area (Å²) in [5.74, 6) is -1.28. The van der Waals surface area contributed by atoms with E-state index in [9.17, 15) is 17.6 Å². The Morgan fingerprint density at radius 3 is 2.28 bits per heavy atom. The summed E-state index contributed by atoms with van der Waals surface area (Å²) < 4.78 is 41.7. The summed E-state index contributed by atoms with van der Waals surface area (Å²) in [6.45, 7) is -0.696. The van der Waals surface area contributed by atoms with Crippen LogP contribution in [0, 0.1) is 5.82 Å². The van der Waals surface area contributed by atoms with Crippen LogP contribution in [-0.2, 0) is 21.4 Å². The van der Waals surface area contributed by atoms with Crippen molar-refractivity contribution in [3.05, 3.63) is 91.6 Å². The number of sulfonamides is 1. The Balaban J connectivity index is 1.91. The first kappa shape index (κ1) is 25.0. The molecule has 0 atom stereocenters. The molecule has 0 aliphatic rings. The van der Waals surface area contributed by atoms with Gasteiger partial charge >= 0.3 is 0 Å². The average Bonchev–Trinajstić information content (AvgIpc) is 2.72. The molecule has 3 aromatic carbocycles. The molecule has 0 aliphatic heterocycles. The monoisotopic (exact) mass is 578 g/mol. The lowest BCUT2D eigenvalue weighted by Crippen LogP contribution is -2.37. The number of rotatable bonds is 7. The highest BCUT2D eigenvalue weighted by Gasteiger charge is 2.28. The van der Waals surface area contributed by atoms with Crippen LogP contribution in [0.4, 0.5) is 10.1 Å². The highest BCUT2D eigenvalue weighted by Crippen LogP contribution is 2.26. The summed E-state index contributed by atoms with van der Waals surface area (Å²) in [5, 5.41) is 3.01. The Kier molecular flexibility index (Phi) is 8.19. The van der Waals surface area contributed by atoms with E-state index in [0.29, 0.717) is 15.1 Å². The van der Waals surface area contributed by atoms with Crippen molar-refractivity contribution in [1.82, 2.24) is 4.31 Å². The number of nitrogens with one attached hydrogen (secondary N) is 1. The number of amides is 1. The van der Waals surface area contributed by atoms with Crippen LogP contribution in [0.15, 0.2) is 70.0 Å². The molecule has 3 aromatic rings. The lowest BCUT2D eigenvalue weighted by molar-refractivity contribution is -0.116. The molecule has 0 fully saturated rings. The standard InChI is InChI=1S/C21H15BrCl3FN2O3S/c22-14-2-6-17(7-3-14)32(30,31)28(11-13-1-4-15(23)9-18(13)24)12-21(29)27-16-5-8-20(26)19(25)10-16/h1-10H,11-12H2,(H,27,29). The molecule has 5 nitrogen and oxygen atoms in total. The second kappa shape index (κ2) is 10.5. The molecule has 1 N–H and O–H groups in total. The van der Waals surface area contributed by atoms with E-state index in [1.54, 1.807) is 24.3 Å². The van der Waals surface area contributed by atoms with Crippen LogP contribution in [0.5, 0.6) is 0 Å². The van der Waals surface area contributed by atoms with Crippen LogP contribution >= 0.6 is 50.7 Å². The van der Waals surface area contributed by atoms with Crippen molar-refractivity contribution in [2.24, 2.45) is 0 Å². The Hall–Kier alpha value is -1.68. The second-order valence-electron chi connectivity index (χ2n) is 6.64. The molecule has 0 aromatic heterocycles. The van der Waals surface area contributed by atoms with Gasteiger partial charge in [-0.1, -0.05) is 56.8 Å². The molecule has 0 spiro atoms. The van der Waals surface area contributed by atoms with E-state index in [2.05, 4.69) is 21.2 Å². The third-order valence-electron chi connectivity index (χ3n) is 4.34. The summed E-state index contributed by atoms with van der Waals surface area (Å²) in [4.78, 5) is 12.7. The Morgan fingerprint density at radius 2 is 1.66 bits per heavy atom. The van der Waals surface area contributed by atoms with E-state index in [4.69, 9.17) is 34.8 Å². The zero-order valence-corrected chi connectivity index (χ0v) is 20.8. The molecule has 0 heterocycles. The van der Waals surface area contributed by atoms with Gasteiger partial charge in [0.1, 0.15) is 5.82 Å². The average molecular weight is 581 g/mol. The van der Waals surface area contributed by atoms with Crippen molar-refractivity contribution in [3.63, 3.8) is 0 Å². The van der Waals surface area contributed by atoms with E-state index >= 15 is 0 Å². The lowest BCUT2D eigenvalue weighted by Gasteiger charge is -2.22. The second-order valence-corrected chi connectivity index (χ2v) is 10.7. The van der Waals surface area contributed by atoms with Crippen LogP contribution in [0.25, 0.3) is 0 Å². The molecule has 11 heteroatoms. The minimum Gasteiger partial charge on any atom is -0.325 e. The molecule has 0 saturated carbocycles. The van der Waals surface area contributed by atoms with Crippen LogP contribution in [0.1, 0.15) is 5.56 Å². The van der Waals surface area contributed by atoms with Crippen molar-refractivity contribution < 1.29 is 17.6 Å². The third kappa shape index (κ3) is 6.21. The molecule has 32 heavy (non-hydrogen) atoms. The largest absolute Gasteiger partial charge is 0.325 e. The van der Waals surface area contributed by atoms with E-state index < -0.39 is 28.3 Å². The quantitative estimate of drug-likeness (QED) is 0.353. The van der Waals surface area contributed by atoms with Crippen LogP contribution in [0.2, 0.25) is 15.1 Å². The SMILES string of the molecule is O=C(CN(Cc1ccc(Cl)cc1Cl)S(=O)(=O)c1ccc(Br)cc1)Nc1ccc(F)c(Cl)c1. The molecule has 0 bridgehead atoms. The van der Waals surface area contributed by atoms with Crippen molar-refractivity contribution in [1.29, 1.82) is 0 Å². The van der Waals surface area contributed by atoms with Crippen molar-refractivity contribution >= 4 is 72.4 Å².